The van der Waals surface area contributed by atoms with E-state index in [9.17, 15) is 14.3 Å². The van der Waals surface area contributed by atoms with Gasteiger partial charge in [-0.15, -0.1) is 0 Å². The van der Waals surface area contributed by atoms with E-state index in [1.54, 1.807) is 0 Å². The Bertz CT molecular complexity index is 732. The lowest BCUT2D eigenvalue weighted by Crippen LogP contribution is -2.46. The van der Waals surface area contributed by atoms with E-state index in [0.29, 0.717) is 13.2 Å². The van der Waals surface area contributed by atoms with Gasteiger partial charge in [-0.3, -0.25) is 9.05 Å². The fraction of sp³-hybridized carbons (Fsp3) is 0.976. The van der Waals surface area contributed by atoms with Gasteiger partial charge in [-0.05, 0) is 12.8 Å². The monoisotopic (exact) mass is 783 g/mol. The molecule has 0 saturated heterocycles. The molecule has 0 aromatic rings. The molecule has 0 amide bonds. The maximum absolute atomic E-state index is 12.0. The number of hydrogen-bond donors (Lipinski definition) is 6. The Morgan fingerprint density at radius 1 is 0.453 bits per heavy atom. The molecule has 0 heterocycles. The van der Waals surface area contributed by atoms with E-state index in [1.165, 1.54) is 180 Å². The molecule has 0 saturated carbocycles. The Balaban J connectivity index is 0. The van der Waals surface area contributed by atoms with Crippen LogP contribution in [-0.2, 0) is 18.4 Å². The van der Waals surface area contributed by atoms with Crippen molar-refractivity contribution in [3.63, 3.8) is 0 Å². The van der Waals surface area contributed by atoms with Crippen molar-refractivity contribution in [2.45, 2.75) is 244 Å². The minimum absolute atomic E-state index is 0.0258. The molecule has 53 heavy (non-hydrogen) atoms. The van der Waals surface area contributed by atoms with Gasteiger partial charge >= 0.3 is 7.82 Å². The Morgan fingerprint density at radius 3 is 0.925 bits per heavy atom. The van der Waals surface area contributed by atoms with E-state index in [4.69, 9.17) is 34.6 Å². The van der Waals surface area contributed by atoms with Crippen LogP contribution in [0, 0.1) is 0 Å². The maximum Gasteiger partial charge on any atom is 0.472 e. The summed E-state index contributed by atoms with van der Waals surface area (Å²) < 4.78 is 22.4. The standard InChI is InChI=1S/C36H75O4P.C6H12O6/c1-3-5-7-9-11-13-15-17-19-21-23-25-27-29-31-33-35-39-41(37,38)40-36-34-32-30-28-26-24-22-20-18-16-14-12-10-8-6-4-2;7-1-3(9)5(11)6(12)4(10)2-8/h3-36H2,1-2H3,(H,37,38);1,3-6,8-12H,2H2/t;3-,4+,5+,6+/m.0/s1. The molecule has 0 spiro atoms. The van der Waals surface area contributed by atoms with Gasteiger partial charge in [-0.2, -0.15) is 0 Å². The molecule has 4 atom stereocenters. The van der Waals surface area contributed by atoms with Crippen LogP contribution in [0.1, 0.15) is 219 Å². The van der Waals surface area contributed by atoms with Crippen molar-refractivity contribution in [2.75, 3.05) is 19.8 Å². The molecule has 0 rings (SSSR count). The van der Waals surface area contributed by atoms with Gasteiger partial charge in [0.15, 0.2) is 6.29 Å². The zero-order chi connectivity index (χ0) is 39.7. The first-order valence-corrected chi connectivity index (χ1v) is 23.6. The molecule has 0 fully saturated rings. The first kappa shape index (κ1) is 54.7. The van der Waals surface area contributed by atoms with Crippen molar-refractivity contribution in [1.82, 2.24) is 0 Å². The SMILES string of the molecule is CCCCCCCCCCCCCCCCCCOP(=O)(O)OCCCCCCCCCCCCCCCCCC.O=C[C@H](O)[C@@H](O)[C@H](O)[C@H](O)CO. The lowest BCUT2D eigenvalue weighted by atomic mass is 10.0. The summed E-state index contributed by atoms with van der Waals surface area (Å²) in [6.45, 7) is 4.45. The van der Waals surface area contributed by atoms with Crippen molar-refractivity contribution >= 4 is 14.1 Å². The van der Waals surface area contributed by atoms with E-state index in [-0.39, 0.29) is 6.29 Å². The molecule has 11 heteroatoms. The van der Waals surface area contributed by atoms with E-state index < -0.39 is 38.8 Å². The predicted octanol–water partition coefficient (Wildman–Crippen LogP) is 10.3. The van der Waals surface area contributed by atoms with Crippen molar-refractivity contribution < 1.29 is 48.8 Å². The summed E-state index contributed by atoms with van der Waals surface area (Å²) in [5, 5.41) is 43.5. The third-order valence-corrected chi connectivity index (χ3v) is 10.9. The molecule has 0 aromatic carbocycles. The predicted molar refractivity (Wildman–Crippen MR) is 218 cm³/mol. The van der Waals surface area contributed by atoms with E-state index in [0.717, 1.165) is 25.7 Å². The van der Waals surface area contributed by atoms with E-state index in [2.05, 4.69) is 13.8 Å². The van der Waals surface area contributed by atoms with Gasteiger partial charge in [0.25, 0.3) is 0 Å². The van der Waals surface area contributed by atoms with Crippen LogP contribution in [0.3, 0.4) is 0 Å². The molecule has 320 valence electrons. The number of aldehydes is 1. The summed E-state index contributed by atoms with van der Waals surface area (Å²) >= 11 is 0. The van der Waals surface area contributed by atoms with Crippen LogP contribution in [0.15, 0.2) is 0 Å². The number of unbranched alkanes of at least 4 members (excludes halogenated alkanes) is 30. The van der Waals surface area contributed by atoms with Gasteiger partial charge in [0, 0.05) is 0 Å². The van der Waals surface area contributed by atoms with Gasteiger partial charge in [0.2, 0.25) is 0 Å². The number of carbonyl (C=O) groups is 1. The molecule has 0 aliphatic rings. The Hall–Kier alpha value is -0.420. The molecule has 0 bridgehead atoms. The summed E-state index contributed by atoms with van der Waals surface area (Å²) in [5.74, 6) is 0. The molecular formula is C42H87O10P. The minimum atomic E-state index is -3.87. The second kappa shape index (κ2) is 42.7. The number of aliphatic hydroxyl groups is 5. The summed E-state index contributed by atoms with van der Waals surface area (Å²) in [7, 11) is -3.87. The van der Waals surface area contributed by atoms with Crippen molar-refractivity contribution in [3.8, 4) is 0 Å². The summed E-state index contributed by atoms with van der Waals surface area (Å²) in [6.07, 6.45) is 35.4. The van der Waals surface area contributed by atoms with Crippen molar-refractivity contribution in [3.05, 3.63) is 0 Å². The van der Waals surface area contributed by atoms with Crippen LogP contribution >= 0.6 is 7.82 Å². The van der Waals surface area contributed by atoms with Crippen LogP contribution in [0.4, 0.5) is 0 Å². The normalized spacial score (nSPS) is 14.0. The second-order valence-electron chi connectivity index (χ2n) is 15.1. The third-order valence-electron chi connectivity index (χ3n) is 9.93. The number of carbonyl (C=O) groups excluding carboxylic acids is 1. The molecular weight excluding hydrogens is 695 g/mol. The highest BCUT2D eigenvalue weighted by atomic mass is 31.2. The number of phosphoric ester groups is 1. The molecule has 6 N–H and O–H groups in total. The minimum Gasteiger partial charge on any atom is -0.394 e. The fourth-order valence-electron chi connectivity index (χ4n) is 6.32. The van der Waals surface area contributed by atoms with Gasteiger partial charge in [-0.1, -0.05) is 206 Å². The molecule has 0 aliphatic carbocycles. The first-order valence-electron chi connectivity index (χ1n) is 22.1. The molecule has 0 aromatic heterocycles. The number of phosphoric acid groups is 1. The Morgan fingerprint density at radius 2 is 0.698 bits per heavy atom. The highest BCUT2D eigenvalue weighted by molar-refractivity contribution is 7.47. The van der Waals surface area contributed by atoms with Crippen LogP contribution in [0.2, 0.25) is 0 Å². The second-order valence-corrected chi connectivity index (χ2v) is 16.6. The lowest BCUT2D eigenvalue weighted by molar-refractivity contribution is -0.136. The average Bonchev–Trinajstić information content (AvgIpc) is 3.16. The Kier molecular flexibility index (Phi) is 44.1. The summed E-state index contributed by atoms with van der Waals surface area (Å²) in [5.41, 5.74) is 0. The van der Waals surface area contributed by atoms with Gasteiger partial charge in [0.1, 0.15) is 24.4 Å². The van der Waals surface area contributed by atoms with Crippen LogP contribution in [-0.4, -0.2) is 80.9 Å². The highest BCUT2D eigenvalue weighted by Gasteiger charge is 2.29. The van der Waals surface area contributed by atoms with Crippen molar-refractivity contribution in [1.29, 1.82) is 0 Å². The fourth-order valence-corrected chi connectivity index (χ4v) is 7.11. The van der Waals surface area contributed by atoms with Crippen LogP contribution in [0.5, 0.6) is 0 Å². The van der Waals surface area contributed by atoms with Crippen LogP contribution < -0.4 is 0 Å². The zero-order valence-corrected chi connectivity index (χ0v) is 35.3. The molecule has 10 nitrogen and oxygen atoms in total. The maximum atomic E-state index is 12.0. The van der Waals surface area contributed by atoms with E-state index >= 15 is 0 Å². The largest absolute Gasteiger partial charge is 0.472 e. The molecule has 0 radical (unpaired) electrons. The van der Waals surface area contributed by atoms with E-state index in [1.807, 2.05) is 0 Å². The quantitative estimate of drug-likeness (QED) is 0.0199. The topological polar surface area (TPSA) is 174 Å². The number of aliphatic hydroxyl groups excluding tert-OH is 5. The third kappa shape index (κ3) is 41.0. The highest BCUT2D eigenvalue weighted by Crippen LogP contribution is 2.43. The Labute approximate surface area is 325 Å². The number of rotatable bonds is 41. The first-order chi connectivity index (χ1) is 25.7. The number of hydrogen-bond acceptors (Lipinski definition) is 9. The average molecular weight is 783 g/mol. The van der Waals surface area contributed by atoms with Gasteiger partial charge < -0.3 is 35.2 Å². The van der Waals surface area contributed by atoms with Gasteiger partial charge in [0.05, 0.1) is 19.8 Å². The summed E-state index contributed by atoms with van der Waals surface area (Å²) in [4.78, 5) is 19.8. The summed E-state index contributed by atoms with van der Waals surface area (Å²) in [6, 6.07) is 0. The smallest absolute Gasteiger partial charge is 0.394 e. The van der Waals surface area contributed by atoms with Crippen LogP contribution in [0.25, 0.3) is 0 Å². The molecule has 0 aliphatic heterocycles. The van der Waals surface area contributed by atoms with Crippen molar-refractivity contribution in [2.24, 2.45) is 0 Å². The van der Waals surface area contributed by atoms with Gasteiger partial charge in [-0.25, -0.2) is 4.57 Å². The lowest BCUT2D eigenvalue weighted by Gasteiger charge is -2.22. The zero-order valence-electron chi connectivity index (χ0n) is 34.4. The molecule has 0 unspecified atom stereocenters.